The lowest BCUT2D eigenvalue weighted by atomic mass is 9.66. The van der Waals surface area contributed by atoms with Crippen LogP contribution in [0.1, 0.15) is 71.1 Å². The van der Waals surface area contributed by atoms with E-state index in [1.165, 1.54) is 25.7 Å². The highest BCUT2D eigenvalue weighted by Gasteiger charge is 2.53. The zero-order valence-corrected chi connectivity index (χ0v) is 15.1. The van der Waals surface area contributed by atoms with Crippen LogP contribution in [0.25, 0.3) is 0 Å². The first kappa shape index (κ1) is 19.4. The van der Waals surface area contributed by atoms with Crippen molar-refractivity contribution in [2.45, 2.75) is 95.6 Å². The molecule has 0 nitrogen and oxygen atoms in total. The number of rotatable bonds is 3. The quantitative estimate of drug-likeness (QED) is 0.489. The van der Waals surface area contributed by atoms with Crippen LogP contribution in [0.5, 0.6) is 0 Å². The third-order valence-corrected chi connectivity index (χ3v) is 7.30. The summed E-state index contributed by atoms with van der Waals surface area (Å²) in [6.45, 7) is 2.27. The Labute approximate surface area is 147 Å². The van der Waals surface area contributed by atoms with Crippen LogP contribution in [0.4, 0.5) is 22.0 Å². The van der Waals surface area contributed by atoms with Gasteiger partial charge in [0.25, 0.3) is 5.92 Å². The van der Waals surface area contributed by atoms with E-state index in [1.807, 2.05) is 0 Å². The second-order valence-corrected chi connectivity index (χ2v) is 8.95. The summed E-state index contributed by atoms with van der Waals surface area (Å²) in [4.78, 5) is 0. The molecule has 0 aromatic rings. The largest absolute Gasteiger partial charge is 0.253 e. The highest BCUT2D eigenvalue weighted by Crippen LogP contribution is 2.50. The van der Waals surface area contributed by atoms with Crippen molar-refractivity contribution in [3.8, 4) is 0 Å². The molecule has 0 aliphatic heterocycles. The maximum absolute atomic E-state index is 14.8. The monoisotopic (exact) mass is 366 g/mol. The number of hydrogen-bond donors (Lipinski definition) is 0. The predicted molar refractivity (Wildman–Crippen MR) is 88.9 cm³/mol. The van der Waals surface area contributed by atoms with E-state index >= 15 is 0 Å². The average Bonchev–Trinajstić information content (AvgIpc) is 2.60. The van der Waals surface area contributed by atoms with E-state index in [1.54, 1.807) is 0 Å². The van der Waals surface area contributed by atoms with Crippen LogP contribution >= 0.6 is 0 Å². The van der Waals surface area contributed by atoms with E-state index in [2.05, 4.69) is 6.92 Å². The molecule has 3 rings (SSSR count). The predicted octanol–water partition coefficient (Wildman–Crippen LogP) is 6.68. The normalized spacial score (nSPS) is 46.8. The first-order chi connectivity index (χ1) is 11.8. The summed E-state index contributed by atoms with van der Waals surface area (Å²) in [6, 6.07) is 0. The summed E-state index contributed by atoms with van der Waals surface area (Å²) in [5.74, 6) is -3.26. The Kier molecular flexibility index (Phi) is 5.99. The number of halogens is 5. The van der Waals surface area contributed by atoms with Crippen molar-refractivity contribution in [1.29, 1.82) is 0 Å². The van der Waals surface area contributed by atoms with Gasteiger partial charge >= 0.3 is 0 Å². The van der Waals surface area contributed by atoms with Gasteiger partial charge in [-0.2, -0.15) is 0 Å². The van der Waals surface area contributed by atoms with Crippen LogP contribution in [-0.2, 0) is 0 Å². The summed E-state index contributed by atoms with van der Waals surface area (Å²) in [6.07, 6.45) is -0.153. The third-order valence-electron chi connectivity index (χ3n) is 7.30. The zero-order valence-electron chi connectivity index (χ0n) is 15.1. The van der Waals surface area contributed by atoms with Gasteiger partial charge in [0.2, 0.25) is 0 Å². The molecule has 0 heterocycles. The molecule has 0 aromatic carbocycles. The number of hydrogen-bond acceptors (Lipinski definition) is 0. The average molecular weight is 366 g/mol. The molecule has 3 saturated carbocycles. The van der Waals surface area contributed by atoms with Crippen molar-refractivity contribution in [3.05, 3.63) is 0 Å². The lowest BCUT2D eigenvalue weighted by Gasteiger charge is -2.43. The van der Waals surface area contributed by atoms with Crippen molar-refractivity contribution in [3.63, 3.8) is 0 Å². The van der Waals surface area contributed by atoms with Gasteiger partial charge in [0.1, 0.15) is 12.3 Å². The molecular formula is C20H31F5. The Hall–Kier alpha value is -0.350. The van der Waals surface area contributed by atoms with Crippen molar-refractivity contribution >= 4 is 0 Å². The lowest BCUT2D eigenvalue weighted by Crippen LogP contribution is -2.47. The molecule has 0 radical (unpaired) electrons. The SMILES string of the molecule is CC1CCC(C2CCC(C(F)(F)C3CC(F)C(F)C(F)C3)CC2)CC1. The molecular weight excluding hydrogens is 335 g/mol. The lowest BCUT2D eigenvalue weighted by molar-refractivity contribution is -0.154. The van der Waals surface area contributed by atoms with Crippen molar-refractivity contribution in [1.82, 2.24) is 0 Å². The topological polar surface area (TPSA) is 0 Å². The Morgan fingerprint density at radius 2 is 1.08 bits per heavy atom. The van der Waals surface area contributed by atoms with Crippen LogP contribution in [0.3, 0.4) is 0 Å². The minimum atomic E-state index is -3.08. The summed E-state index contributed by atoms with van der Waals surface area (Å²) >= 11 is 0. The van der Waals surface area contributed by atoms with Gasteiger partial charge in [-0.25, -0.2) is 22.0 Å². The second-order valence-electron chi connectivity index (χ2n) is 8.95. The molecule has 3 aliphatic carbocycles. The first-order valence-corrected chi connectivity index (χ1v) is 10.1. The molecule has 0 aromatic heterocycles. The fourth-order valence-corrected chi connectivity index (χ4v) is 5.51. The molecule has 0 amide bonds. The molecule has 3 fully saturated rings. The van der Waals surface area contributed by atoms with Crippen molar-refractivity contribution < 1.29 is 22.0 Å². The molecule has 146 valence electrons. The van der Waals surface area contributed by atoms with Gasteiger partial charge in [0.15, 0.2) is 6.17 Å². The summed E-state index contributed by atoms with van der Waals surface area (Å²) in [5.41, 5.74) is 0. The molecule has 3 aliphatic rings. The van der Waals surface area contributed by atoms with Crippen LogP contribution in [0.15, 0.2) is 0 Å². The summed E-state index contributed by atoms with van der Waals surface area (Å²) in [7, 11) is 0. The number of alkyl halides is 5. The molecule has 5 heteroatoms. The van der Waals surface area contributed by atoms with Gasteiger partial charge in [0.05, 0.1) is 0 Å². The summed E-state index contributed by atoms with van der Waals surface area (Å²) in [5, 5.41) is 0. The van der Waals surface area contributed by atoms with Gasteiger partial charge < -0.3 is 0 Å². The molecule has 2 atom stereocenters. The van der Waals surface area contributed by atoms with Crippen LogP contribution < -0.4 is 0 Å². The second kappa shape index (κ2) is 7.72. The van der Waals surface area contributed by atoms with E-state index in [9.17, 15) is 22.0 Å². The Morgan fingerprint density at radius 1 is 0.640 bits per heavy atom. The summed E-state index contributed by atoms with van der Waals surface area (Å²) < 4.78 is 70.1. The fourth-order valence-electron chi connectivity index (χ4n) is 5.51. The molecule has 2 unspecified atom stereocenters. The third kappa shape index (κ3) is 4.16. The molecule has 0 saturated heterocycles. The molecule has 0 N–H and O–H groups in total. The fraction of sp³-hybridized carbons (Fsp3) is 1.00. The van der Waals surface area contributed by atoms with Gasteiger partial charge in [-0.05, 0) is 69.1 Å². The molecule has 0 bridgehead atoms. The zero-order chi connectivity index (χ0) is 18.2. The van der Waals surface area contributed by atoms with Crippen LogP contribution in [0.2, 0.25) is 0 Å². The Morgan fingerprint density at radius 3 is 1.56 bits per heavy atom. The van der Waals surface area contributed by atoms with E-state index in [4.69, 9.17) is 0 Å². The minimum absolute atomic E-state index is 0.438. The maximum Gasteiger partial charge on any atom is 0.253 e. The van der Waals surface area contributed by atoms with E-state index < -0.39 is 49.1 Å². The van der Waals surface area contributed by atoms with Crippen LogP contribution in [-0.4, -0.2) is 24.4 Å². The van der Waals surface area contributed by atoms with E-state index in [0.717, 1.165) is 18.8 Å². The molecule has 0 spiro atoms. The van der Waals surface area contributed by atoms with Gasteiger partial charge in [0, 0.05) is 11.8 Å². The van der Waals surface area contributed by atoms with Crippen LogP contribution in [0, 0.1) is 29.6 Å². The van der Waals surface area contributed by atoms with Gasteiger partial charge in [-0.3, -0.25) is 0 Å². The van der Waals surface area contributed by atoms with Gasteiger partial charge in [-0.1, -0.05) is 19.8 Å². The van der Waals surface area contributed by atoms with Gasteiger partial charge in [-0.15, -0.1) is 0 Å². The smallest absolute Gasteiger partial charge is 0.244 e. The highest BCUT2D eigenvalue weighted by atomic mass is 19.3. The van der Waals surface area contributed by atoms with E-state index in [-0.39, 0.29) is 0 Å². The van der Waals surface area contributed by atoms with Crippen molar-refractivity contribution in [2.75, 3.05) is 0 Å². The minimum Gasteiger partial charge on any atom is -0.244 e. The Balaban J connectivity index is 1.54. The maximum atomic E-state index is 14.8. The van der Waals surface area contributed by atoms with Crippen molar-refractivity contribution in [2.24, 2.45) is 29.6 Å². The molecule has 25 heavy (non-hydrogen) atoms. The standard InChI is InChI=1S/C20H31F5/c1-12-2-4-13(5-3-12)14-6-8-15(9-7-14)20(24,25)16-10-17(21)19(23)18(22)11-16/h12-19H,2-11H2,1H3. The highest BCUT2D eigenvalue weighted by molar-refractivity contribution is 4.96. The van der Waals surface area contributed by atoms with E-state index in [0.29, 0.717) is 24.7 Å². The Bertz CT molecular complexity index is 412. The first-order valence-electron chi connectivity index (χ1n) is 10.1.